The standard InChI is InChI=1S/C42H32N2O4S2/c1-25-19-36(46)32(42-39(25)44-34-21-30(15-18-37(34)49-42)47-23-27-9-5-3-6-10-27)16-13-29-20-35(45)26(2)41-40(29)43-33-17-14-31(22-38(33)50-41)48-24-28-11-7-4-8-12-28/h3-12,14-15,17-22H,13,16,23-24H2,1-2H3. The number of hydrogen-bond acceptors (Lipinski definition) is 8. The minimum atomic E-state index is -0.0294. The van der Waals surface area contributed by atoms with Gasteiger partial charge in [0.15, 0.2) is 10.9 Å². The van der Waals surface area contributed by atoms with E-state index in [1.165, 1.54) is 0 Å². The van der Waals surface area contributed by atoms with Crippen LogP contribution in [-0.2, 0) is 26.1 Å². The van der Waals surface area contributed by atoms with Crippen LogP contribution < -0.4 is 20.3 Å². The van der Waals surface area contributed by atoms with Gasteiger partial charge in [-0.1, -0.05) is 60.7 Å². The molecule has 0 spiro atoms. The Hall–Kier alpha value is -5.44. The Kier molecular flexibility index (Phi) is 8.56. The first-order valence-corrected chi connectivity index (χ1v) is 18.1. The first-order valence-electron chi connectivity index (χ1n) is 16.5. The van der Waals surface area contributed by atoms with Gasteiger partial charge in [-0.25, -0.2) is 9.97 Å². The molecule has 0 atom stereocenters. The highest BCUT2D eigenvalue weighted by Gasteiger charge is 2.22. The van der Waals surface area contributed by atoms with Crippen LogP contribution in [0.15, 0.2) is 119 Å². The first-order chi connectivity index (χ1) is 24.4. The van der Waals surface area contributed by atoms with Crippen molar-refractivity contribution in [2.75, 3.05) is 0 Å². The molecule has 50 heavy (non-hydrogen) atoms. The van der Waals surface area contributed by atoms with E-state index in [0.29, 0.717) is 37.2 Å². The predicted octanol–water partition coefficient (Wildman–Crippen LogP) is 9.40. The second-order valence-electron chi connectivity index (χ2n) is 12.4. The minimum absolute atomic E-state index is 0.0155. The van der Waals surface area contributed by atoms with Gasteiger partial charge >= 0.3 is 0 Å². The summed E-state index contributed by atoms with van der Waals surface area (Å²) in [6, 6.07) is 35.3. The molecule has 0 unspecified atom stereocenters. The molecule has 8 rings (SSSR count). The van der Waals surface area contributed by atoms with Crippen molar-refractivity contribution in [2.45, 2.75) is 39.9 Å². The highest BCUT2D eigenvalue weighted by Crippen LogP contribution is 2.38. The Morgan fingerprint density at radius 2 is 1.22 bits per heavy atom. The molecular weight excluding hydrogens is 661 g/mol. The fourth-order valence-corrected chi connectivity index (χ4v) is 8.54. The number of benzene rings is 6. The molecule has 0 amide bonds. The van der Waals surface area contributed by atoms with Crippen molar-refractivity contribution in [1.29, 1.82) is 0 Å². The molecule has 4 aliphatic rings. The van der Waals surface area contributed by atoms with Crippen LogP contribution in [0.25, 0.3) is 41.6 Å². The maximum atomic E-state index is 13.5. The van der Waals surface area contributed by atoms with Crippen molar-refractivity contribution in [3.8, 4) is 32.6 Å². The van der Waals surface area contributed by atoms with Crippen LogP contribution in [-0.4, -0.2) is 9.97 Å². The molecule has 0 saturated carbocycles. The lowest BCUT2D eigenvalue weighted by Crippen LogP contribution is -2.15. The van der Waals surface area contributed by atoms with Crippen LogP contribution >= 0.6 is 22.7 Å². The van der Waals surface area contributed by atoms with E-state index in [9.17, 15) is 9.59 Å². The zero-order valence-electron chi connectivity index (χ0n) is 27.6. The molecule has 4 aromatic rings. The molecule has 4 aromatic carbocycles. The molecule has 0 saturated heterocycles. The Morgan fingerprint density at radius 1 is 0.580 bits per heavy atom. The number of rotatable bonds is 9. The molecule has 0 aromatic heterocycles. The summed E-state index contributed by atoms with van der Waals surface area (Å²) in [5, 5.41) is 0. The molecule has 0 bridgehead atoms. The predicted molar refractivity (Wildman–Crippen MR) is 203 cm³/mol. The van der Waals surface area contributed by atoms with E-state index in [1.54, 1.807) is 34.8 Å². The smallest absolute Gasteiger partial charge is 0.183 e. The van der Waals surface area contributed by atoms with Gasteiger partial charge in [0.1, 0.15) is 24.7 Å². The Labute approximate surface area is 297 Å². The lowest BCUT2D eigenvalue weighted by molar-refractivity contribution is 0.306. The maximum Gasteiger partial charge on any atom is 0.183 e. The fourth-order valence-electron chi connectivity index (χ4n) is 6.20. The zero-order chi connectivity index (χ0) is 34.2. The van der Waals surface area contributed by atoms with Gasteiger partial charge in [0.05, 0.1) is 41.6 Å². The number of aryl methyl sites for hydroxylation is 2. The molecule has 2 aliphatic carbocycles. The Balaban J connectivity index is 1.10. The third kappa shape index (κ3) is 6.35. The third-order valence-corrected chi connectivity index (χ3v) is 11.4. The molecule has 0 radical (unpaired) electrons. The summed E-state index contributed by atoms with van der Waals surface area (Å²) in [5.74, 6) is 1.50. The molecule has 2 heterocycles. The van der Waals surface area contributed by atoms with Gasteiger partial charge in [0.25, 0.3) is 0 Å². The van der Waals surface area contributed by atoms with Gasteiger partial charge in [-0.3, -0.25) is 9.59 Å². The highest BCUT2D eigenvalue weighted by atomic mass is 32.1. The number of nitrogens with zero attached hydrogens (tertiary/aromatic N) is 2. The van der Waals surface area contributed by atoms with E-state index in [4.69, 9.17) is 19.4 Å². The quantitative estimate of drug-likeness (QED) is 0.140. The normalized spacial score (nSPS) is 11.5. The van der Waals surface area contributed by atoms with E-state index in [1.807, 2.05) is 111 Å². The SMILES string of the molecule is Cc1cc(=O)c(CCc2cc(=O)c(C)c3sc4cc(OCc5ccccc5)ccc4nc2-3)c2sc3ccc(OCc4ccccc4)cc3nc1-2. The Morgan fingerprint density at radius 3 is 1.94 bits per heavy atom. The summed E-state index contributed by atoms with van der Waals surface area (Å²) in [6.45, 7) is 4.73. The summed E-state index contributed by atoms with van der Waals surface area (Å²) in [6.07, 6.45) is 0.964. The third-order valence-electron chi connectivity index (χ3n) is 8.93. The summed E-state index contributed by atoms with van der Waals surface area (Å²) in [7, 11) is 0. The largest absolute Gasteiger partial charge is 0.489 e. The van der Waals surface area contributed by atoms with Crippen LogP contribution in [0, 0.1) is 13.8 Å². The van der Waals surface area contributed by atoms with Crippen LogP contribution in [0.1, 0.15) is 33.4 Å². The van der Waals surface area contributed by atoms with Crippen molar-refractivity contribution < 1.29 is 9.47 Å². The maximum absolute atomic E-state index is 13.5. The minimum Gasteiger partial charge on any atom is -0.489 e. The van der Waals surface area contributed by atoms with E-state index in [-0.39, 0.29) is 10.9 Å². The lowest BCUT2D eigenvalue weighted by atomic mass is 9.96. The van der Waals surface area contributed by atoms with Gasteiger partial charge in [-0.05, 0) is 91.4 Å². The lowest BCUT2D eigenvalue weighted by Gasteiger charge is -2.16. The van der Waals surface area contributed by atoms with Crippen molar-refractivity contribution in [3.63, 3.8) is 0 Å². The number of hydrogen-bond donors (Lipinski definition) is 0. The summed E-state index contributed by atoms with van der Waals surface area (Å²) < 4.78 is 14.1. The molecular formula is C42H32N2O4S2. The number of aromatic nitrogens is 2. The molecule has 246 valence electrons. The van der Waals surface area contributed by atoms with Gasteiger partial charge < -0.3 is 9.47 Å². The van der Waals surface area contributed by atoms with Crippen molar-refractivity contribution in [2.24, 2.45) is 0 Å². The van der Waals surface area contributed by atoms with Gasteiger partial charge in [0.2, 0.25) is 0 Å². The van der Waals surface area contributed by atoms with Gasteiger partial charge in [-0.15, -0.1) is 22.7 Å². The zero-order valence-corrected chi connectivity index (χ0v) is 29.2. The van der Waals surface area contributed by atoms with Crippen molar-refractivity contribution in [1.82, 2.24) is 9.97 Å². The summed E-state index contributed by atoms with van der Waals surface area (Å²) >= 11 is 3.13. The van der Waals surface area contributed by atoms with Crippen molar-refractivity contribution in [3.05, 3.63) is 163 Å². The van der Waals surface area contributed by atoms with E-state index in [2.05, 4.69) is 0 Å². The molecule has 6 nitrogen and oxygen atoms in total. The average molecular weight is 693 g/mol. The van der Waals surface area contributed by atoms with Gasteiger partial charge in [0, 0.05) is 17.2 Å². The highest BCUT2D eigenvalue weighted by molar-refractivity contribution is 7.22. The fraction of sp³-hybridized carbons (Fsp3) is 0.143. The summed E-state index contributed by atoms with van der Waals surface area (Å²) in [4.78, 5) is 38.5. The van der Waals surface area contributed by atoms with Crippen LogP contribution in [0.3, 0.4) is 0 Å². The molecule has 0 N–H and O–H groups in total. The second-order valence-corrected chi connectivity index (χ2v) is 14.5. The van der Waals surface area contributed by atoms with Crippen LogP contribution in [0.2, 0.25) is 0 Å². The second kappa shape index (κ2) is 13.5. The summed E-state index contributed by atoms with van der Waals surface area (Å²) in [5.41, 5.74) is 8.48. The monoisotopic (exact) mass is 692 g/mol. The van der Waals surface area contributed by atoms with Crippen LogP contribution in [0.4, 0.5) is 0 Å². The topological polar surface area (TPSA) is 78.4 Å². The molecule has 2 aliphatic heterocycles. The Bertz CT molecular complexity index is 2560. The molecule has 8 heteroatoms. The van der Waals surface area contributed by atoms with E-state index < -0.39 is 0 Å². The number of fused-ring (bicyclic) bond motifs is 4. The number of ether oxygens (including phenoxy) is 2. The van der Waals surface area contributed by atoms with Crippen LogP contribution in [0.5, 0.6) is 11.5 Å². The van der Waals surface area contributed by atoms with Crippen molar-refractivity contribution >= 4 is 43.1 Å². The van der Waals surface area contributed by atoms with E-state index in [0.717, 1.165) is 75.3 Å². The first kappa shape index (κ1) is 31.8. The average Bonchev–Trinajstić information content (AvgIpc) is 3.14. The van der Waals surface area contributed by atoms with Gasteiger partial charge in [-0.2, -0.15) is 0 Å². The molecule has 0 fully saturated rings. The van der Waals surface area contributed by atoms with E-state index >= 15 is 0 Å².